The van der Waals surface area contributed by atoms with Crippen LogP contribution in [0.15, 0.2) is 29.2 Å². The third-order valence-corrected chi connectivity index (χ3v) is 3.40. The van der Waals surface area contributed by atoms with Gasteiger partial charge in [-0.25, -0.2) is 4.98 Å². The smallest absolute Gasteiger partial charge is 0.258 e. The maximum atomic E-state index is 11.8. The molecule has 0 atom stereocenters. The summed E-state index contributed by atoms with van der Waals surface area (Å²) >= 11 is 1.57. The second-order valence-electron chi connectivity index (χ2n) is 3.75. The van der Waals surface area contributed by atoms with Gasteiger partial charge in [-0.1, -0.05) is 6.07 Å². The van der Waals surface area contributed by atoms with E-state index in [9.17, 15) is 4.79 Å². The molecule has 2 heterocycles. The average Bonchev–Trinajstić information content (AvgIpc) is 2.31. The van der Waals surface area contributed by atoms with E-state index in [1.54, 1.807) is 28.4 Å². The van der Waals surface area contributed by atoms with Crippen molar-refractivity contribution in [3.63, 3.8) is 0 Å². The number of thioether (sulfide) groups is 1. The van der Waals surface area contributed by atoms with E-state index in [0.29, 0.717) is 17.2 Å². The number of aryl methyl sites for hydroxylation is 1. The van der Waals surface area contributed by atoms with E-state index in [-0.39, 0.29) is 12.2 Å². The highest BCUT2D eigenvalue weighted by Gasteiger charge is 2.04. The molecule has 90 valence electrons. The average molecular weight is 250 g/mol. The van der Waals surface area contributed by atoms with E-state index >= 15 is 0 Å². The Labute approximate surface area is 103 Å². The summed E-state index contributed by atoms with van der Waals surface area (Å²) in [7, 11) is 0. The number of pyridine rings is 1. The van der Waals surface area contributed by atoms with Gasteiger partial charge in [0.25, 0.3) is 5.56 Å². The summed E-state index contributed by atoms with van der Waals surface area (Å²) in [6, 6.07) is 5.33. The zero-order chi connectivity index (χ0) is 12.3. The predicted molar refractivity (Wildman–Crippen MR) is 69.4 cm³/mol. The highest BCUT2D eigenvalue weighted by molar-refractivity contribution is 7.98. The monoisotopic (exact) mass is 250 g/mol. The van der Waals surface area contributed by atoms with Crippen molar-refractivity contribution in [2.24, 2.45) is 0 Å². The summed E-state index contributed by atoms with van der Waals surface area (Å²) in [5.41, 5.74) is 2.40. The summed E-state index contributed by atoms with van der Waals surface area (Å²) in [6.45, 7) is 2.09. The lowest BCUT2D eigenvalue weighted by Crippen LogP contribution is -2.15. The Morgan fingerprint density at radius 1 is 1.53 bits per heavy atom. The minimum Gasteiger partial charge on any atom is -0.396 e. The van der Waals surface area contributed by atoms with Gasteiger partial charge in [0.2, 0.25) is 0 Å². The van der Waals surface area contributed by atoms with Crippen molar-refractivity contribution in [2.75, 3.05) is 12.4 Å². The molecular formula is C12H14N2O2S. The van der Waals surface area contributed by atoms with Gasteiger partial charge in [-0.05, 0) is 18.6 Å². The summed E-state index contributed by atoms with van der Waals surface area (Å²) in [5, 5.41) is 8.71. The van der Waals surface area contributed by atoms with Crippen molar-refractivity contribution in [1.82, 2.24) is 9.38 Å². The van der Waals surface area contributed by atoms with Gasteiger partial charge in [0.1, 0.15) is 5.65 Å². The topological polar surface area (TPSA) is 54.6 Å². The van der Waals surface area contributed by atoms with Gasteiger partial charge in [0.15, 0.2) is 0 Å². The molecule has 0 radical (unpaired) electrons. The molecule has 2 aromatic rings. The fraction of sp³-hybridized carbons (Fsp3) is 0.333. The largest absolute Gasteiger partial charge is 0.396 e. The van der Waals surface area contributed by atoms with Crippen LogP contribution < -0.4 is 5.56 Å². The number of fused-ring (bicyclic) bond motifs is 1. The maximum absolute atomic E-state index is 11.8. The number of nitrogens with zero attached hydrogens (tertiary/aromatic N) is 2. The molecule has 2 aromatic heterocycles. The maximum Gasteiger partial charge on any atom is 0.258 e. The van der Waals surface area contributed by atoms with E-state index in [0.717, 1.165) is 11.3 Å². The van der Waals surface area contributed by atoms with E-state index in [1.165, 1.54) is 0 Å². The third-order valence-electron chi connectivity index (χ3n) is 2.42. The molecular weight excluding hydrogens is 236 g/mol. The predicted octanol–water partition coefficient (Wildman–Crippen LogP) is 1.23. The van der Waals surface area contributed by atoms with E-state index in [2.05, 4.69) is 4.98 Å². The molecule has 0 aliphatic heterocycles. The lowest BCUT2D eigenvalue weighted by atomic mass is 10.3. The van der Waals surface area contributed by atoms with Crippen LogP contribution in [0.3, 0.4) is 0 Å². The van der Waals surface area contributed by atoms with Crippen LogP contribution in [0.5, 0.6) is 0 Å². The minimum atomic E-state index is -0.0571. The Bertz CT molecular complexity index is 580. The van der Waals surface area contributed by atoms with Gasteiger partial charge >= 0.3 is 0 Å². The normalized spacial score (nSPS) is 10.9. The van der Waals surface area contributed by atoms with Crippen LogP contribution in [0.4, 0.5) is 0 Å². The number of rotatable bonds is 4. The van der Waals surface area contributed by atoms with Crippen LogP contribution >= 0.6 is 11.8 Å². The van der Waals surface area contributed by atoms with Crippen molar-refractivity contribution in [1.29, 1.82) is 0 Å². The molecule has 0 unspecified atom stereocenters. The first-order valence-corrected chi connectivity index (χ1v) is 6.54. The summed E-state index contributed by atoms with van der Waals surface area (Å²) in [4.78, 5) is 16.3. The Hall–Kier alpha value is -1.33. The first-order chi connectivity index (χ1) is 8.22. The molecule has 17 heavy (non-hydrogen) atoms. The van der Waals surface area contributed by atoms with Crippen molar-refractivity contribution in [3.05, 3.63) is 46.0 Å². The molecule has 0 aromatic carbocycles. The molecule has 0 fully saturated rings. The fourth-order valence-electron chi connectivity index (χ4n) is 1.62. The Morgan fingerprint density at radius 3 is 3.12 bits per heavy atom. The number of aromatic nitrogens is 2. The van der Waals surface area contributed by atoms with Gasteiger partial charge in [-0.2, -0.15) is 11.8 Å². The number of hydrogen-bond donors (Lipinski definition) is 1. The molecule has 0 saturated heterocycles. The second-order valence-corrected chi connectivity index (χ2v) is 4.85. The first kappa shape index (κ1) is 12.1. The summed E-state index contributed by atoms with van der Waals surface area (Å²) < 4.78 is 1.55. The molecule has 4 nitrogen and oxygen atoms in total. The van der Waals surface area contributed by atoms with Crippen LogP contribution in [0.25, 0.3) is 5.65 Å². The molecule has 0 bridgehead atoms. The van der Waals surface area contributed by atoms with Gasteiger partial charge in [-0.15, -0.1) is 0 Å². The molecule has 0 spiro atoms. The fourth-order valence-corrected chi connectivity index (χ4v) is 2.25. The van der Waals surface area contributed by atoms with Gasteiger partial charge in [0, 0.05) is 23.8 Å². The highest BCUT2D eigenvalue weighted by atomic mass is 32.2. The molecule has 0 aliphatic rings. The molecule has 1 N–H and O–H groups in total. The summed E-state index contributed by atoms with van der Waals surface area (Å²) in [5.74, 6) is 1.31. The summed E-state index contributed by atoms with van der Waals surface area (Å²) in [6.07, 6.45) is 1.72. The Balaban J connectivity index is 2.40. The lowest BCUT2D eigenvalue weighted by Gasteiger charge is -2.05. The number of hydrogen-bond acceptors (Lipinski definition) is 4. The SMILES string of the molecule is Cc1cccn2c(=O)cc(CSCCO)nc12. The highest BCUT2D eigenvalue weighted by Crippen LogP contribution is 2.11. The molecule has 0 amide bonds. The van der Waals surface area contributed by atoms with E-state index < -0.39 is 0 Å². The van der Waals surface area contributed by atoms with Gasteiger partial charge in [0.05, 0.1) is 12.3 Å². The standard InChI is InChI=1S/C12H14N2O2S/c1-9-3-2-4-14-11(16)7-10(13-12(9)14)8-17-6-5-15/h2-4,7,15H,5-6,8H2,1H3. The van der Waals surface area contributed by atoms with Crippen LogP contribution in [0.1, 0.15) is 11.3 Å². The first-order valence-electron chi connectivity index (χ1n) is 5.39. The molecule has 0 aliphatic carbocycles. The Kier molecular flexibility index (Phi) is 3.81. The van der Waals surface area contributed by atoms with Crippen molar-refractivity contribution in [3.8, 4) is 0 Å². The van der Waals surface area contributed by atoms with E-state index in [1.807, 2.05) is 19.1 Å². The van der Waals surface area contributed by atoms with Crippen molar-refractivity contribution < 1.29 is 5.11 Å². The zero-order valence-electron chi connectivity index (χ0n) is 9.59. The van der Waals surface area contributed by atoms with E-state index in [4.69, 9.17) is 5.11 Å². The minimum absolute atomic E-state index is 0.0571. The van der Waals surface area contributed by atoms with Crippen molar-refractivity contribution >= 4 is 17.4 Å². The number of aliphatic hydroxyl groups excluding tert-OH is 1. The van der Waals surface area contributed by atoms with Crippen LogP contribution in [0, 0.1) is 6.92 Å². The van der Waals surface area contributed by atoms with Gasteiger partial charge in [-0.3, -0.25) is 9.20 Å². The lowest BCUT2D eigenvalue weighted by molar-refractivity contribution is 0.322. The number of aliphatic hydroxyl groups is 1. The third kappa shape index (κ3) is 2.68. The Morgan fingerprint density at radius 2 is 2.35 bits per heavy atom. The second kappa shape index (κ2) is 5.33. The zero-order valence-corrected chi connectivity index (χ0v) is 10.4. The van der Waals surface area contributed by atoms with Crippen molar-refractivity contribution in [2.45, 2.75) is 12.7 Å². The molecule has 5 heteroatoms. The van der Waals surface area contributed by atoms with Crippen LogP contribution in [0.2, 0.25) is 0 Å². The molecule has 2 rings (SSSR count). The quantitative estimate of drug-likeness (QED) is 0.829. The van der Waals surface area contributed by atoms with Crippen LogP contribution in [-0.4, -0.2) is 26.9 Å². The van der Waals surface area contributed by atoms with Crippen LogP contribution in [-0.2, 0) is 5.75 Å². The molecule has 0 saturated carbocycles. The van der Waals surface area contributed by atoms with Gasteiger partial charge < -0.3 is 5.11 Å².